The fourth-order valence-electron chi connectivity index (χ4n) is 2.94. The van der Waals surface area contributed by atoms with Gasteiger partial charge in [0.2, 0.25) is 0 Å². The summed E-state index contributed by atoms with van der Waals surface area (Å²) < 4.78 is 38.5. The topological polar surface area (TPSA) is 97.5 Å². The van der Waals surface area contributed by atoms with Crippen molar-refractivity contribution in [3.8, 4) is 0 Å². The van der Waals surface area contributed by atoms with E-state index in [0.29, 0.717) is 5.56 Å². The number of hydrogen-bond acceptors (Lipinski definition) is 4. The van der Waals surface area contributed by atoms with Crippen LogP contribution in [0.2, 0.25) is 0 Å². The van der Waals surface area contributed by atoms with E-state index in [0.717, 1.165) is 12.1 Å². The van der Waals surface area contributed by atoms with E-state index < -0.39 is 38.3 Å². The average molecular weight is 335 g/mol. The normalized spacial score (nSPS) is 26.7. The second kappa shape index (κ2) is 5.14. The number of benzene rings is 2. The fourth-order valence-corrected chi connectivity index (χ4v) is 5.19. The Kier molecular flexibility index (Phi) is 3.50. The van der Waals surface area contributed by atoms with Gasteiger partial charge in [-0.15, -0.1) is 0 Å². The Morgan fingerprint density at radius 3 is 2.17 bits per heavy atom. The van der Waals surface area contributed by atoms with E-state index in [1.54, 1.807) is 18.2 Å². The zero-order chi connectivity index (χ0) is 16.8. The Hall–Kier alpha value is -2.25. The van der Waals surface area contributed by atoms with Crippen LogP contribution in [0.3, 0.4) is 0 Å². The lowest BCUT2D eigenvalue weighted by Crippen LogP contribution is -2.39. The quantitative estimate of drug-likeness (QED) is 0.883. The van der Waals surface area contributed by atoms with Gasteiger partial charge in [-0.2, -0.15) is 0 Å². The summed E-state index contributed by atoms with van der Waals surface area (Å²) in [5.74, 6) is -2.81. The number of sulfone groups is 1. The number of rotatable bonds is 4. The van der Waals surface area contributed by atoms with E-state index in [2.05, 4.69) is 0 Å². The van der Waals surface area contributed by atoms with E-state index in [1.807, 2.05) is 0 Å². The van der Waals surface area contributed by atoms with Crippen molar-refractivity contribution in [2.45, 2.75) is 21.6 Å². The Morgan fingerprint density at radius 2 is 1.65 bits per heavy atom. The number of hydrogen-bond donors (Lipinski definition) is 2. The fraction of sp³-hybridized carbons (Fsp3) is 0.188. The van der Waals surface area contributed by atoms with Crippen LogP contribution in [-0.4, -0.2) is 30.3 Å². The Balaban J connectivity index is 2.07. The van der Waals surface area contributed by atoms with Gasteiger partial charge in [0.05, 0.1) is 4.90 Å². The molecular formula is C16H14FNO4S. The summed E-state index contributed by atoms with van der Waals surface area (Å²) in [4.78, 5) is 11.6. The van der Waals surface area contributed by atoms with E-state index in [1.165, 1.54) is 24.3 Å². The molecule has 0 aliphatic heterocycles. The first-order valence-electron chi connectivity index (χ1n) is 6.86. The summed E-state index contributed by atoms with van der Waals surface area (Å²) in [6, 6.07) is 12.6. The standard InChI is InChI=1S/C16H14FNO4S/c17-11-8-6-10(7-9-11)13-14(16(13,18)15(19)20)23(21,22)12-4-2-1-3-5-12/h1-9,13-14H,18H2,(H,19,20)/t13-,14+,16-/m1/s1. The van der Waals surface area contributed by atoms with Crippen LogP contribution < -0.4 is 5.73 Å². The molecule has 1 aliphatic rings. The maximum Gasteiger partial charge on any atom is 0.325 e. The molecule has 0 aromatic heterocycles. The molecule has 0 unspecified atom stereocenters. The highest BCUT2D eigenvalue weighted by Gasteiger charge is 2.74. The molecule has 0 radical (unpaired) electrons. The third-order valence-corrected chi connectivity index (χ3v) is 6.44. The third kappa shape index (κ3) is 2.32. The Bertz CT molecular complexity index is 851. The van der Waals surface area contributed by atoms with Gasteiger partial charge < -0.3 is 10.8 Å². The van der Waals surface area contributed by atoms with Crippen LogP contribution in [0.1, 0.15) is 11.5 Å². The van der Waals surface area contributed by atoms with Gasteiger partial charge in [-0.25, -0.2) is 12.8 Å². The van der Waals surface area contributed by atoms with Crippen molar-refractivity contribution in [3.63, 3.8) is 0 Å². The molecule has 1 fully saturated rings. The summed E-state index contributed by atoms with van der Waals surface area (Å²) in [6.45, 7) is 0. The zero-order valence-corrected chi connectivity index (χ0v) is 12.7. The first kappa shape index (κ1) is 15.6. The molecule has 0 amide bonds. The lowest BCUT2D eigenvalue weighted by Gasteiger charge is -2.06. The molecule has 0 bridgehead atoms. The highest BCUT2D eigenvalue weighted by Crippen LogP contribution is 2.55. The summed E-state index contributed by atoms with van der Waals surface area (Å²) >= 11 is 0. The molecule has 3 N–H and O–H groups in total. The van der Waals surface area contributed by atoms with Gasteiger partial charge in [0.25, 0.3) is 0 Å². The average Bonchev–Trinajstić information content (AvgIpc) is 3.18. The number of halogens is 1. The van der Waals surface area contributed by atoms with Gasteiger partial charge in [0.1, 0.15) is 16.6 Å². The van der Waals surface area contributed by atoms with Gasteiger partial charge in [0, 0.05) is 5.92 Å². The molecule has 0 saturated heterocycles. The second-order valence-electron chi connectivity index (χ2n) is 5.55. The first-order chi connectivity index (χ1) is 10.8. The van der Waals surface area contributed by atoms with E-state index in [-0.39, 0.29) is 4.90 Å². The smallest absolute Gasteiger partial charge is 0.325 e. The third-order valence-electron chi connectivity index (χ3n) is 4.18. The highest BCUT2D eigenvalue weighted by atomic mass is 32.2. The molecule has 0 spiro atoms. The van der Waals surface area contributed by atoms with Crippen molar-refractivity contribution in [3.05, 3.63) is 66.0 Å². The minimum atomic E-state index is -3.93. The van der Waals surface area contributed by atoms with Crippen LogP contribution >= 0.6 is 0 Å². The lowest BCUT2D eigenvalue weighted by molar-refractivity contribution is -0.139. The molecule has 3 rings (SSSR count). The molecule has 23 heavy (non-hydrogen) atoms. The molecule has 7 heteroatoms. The minimum absolute atomic E-state index is 0.0192. The minimum Gasteiger partial charge on any atom is -0.480 e. The van der Waals surface area contributed by atoms with Crippen molar-refractivity contribution in [2.24, 2.45) is 5.73 Å². The Morgan fingerprint density at radius 1 is 1.09 bits per heavy atom. The van der Waals surface area contributed by atoms with E-state index >= 15 is 0 Å². The van der Waals surface area contributed by atoms with Crippen LogP contribution in [0.5, 0.6) is 0 Å². The van der Waals surface area contributed by atoms with Crippen molar-refractivity contribution < 1.29 is 22.7 Å². The largest absolute Gasteiger partial charge is 0.480 e. The van der Waals surface area contributed by atoms with Crippen molar-refractivity contribution in [1.29, 1.82) is 0 Å². The second-order valence-corrected chi connectivity index (χ2v) is 7.62. The maximum absolute atomic E-state index is 13.1. The van der Waals surface area contributed by atoms with Crippen LogP contribution in [0, 0.1) is 5.82 Å². The van der Waals surface area contributed by atoms with Gasteiger partial charge in [-0.3, -0.25) is 4.79 Å². The van der Waals surface area contributed by atoms with Crippen LogP contribution in [0.4, 0.5) is 4.39 Å². The maximum atomic E-state index is 13.1. The van der Waals surface area contributed by atoms with Crippen molar-refractivity contribution in [2.75, 3.05) is 0 Å². The number of nitrogens with two attached hydrogens (primary N) is 1. The van der Waals surface area contributed by atoms with Crippen molar-refractivity contribution >= 4 is 15.8 Å². The van der Waals surface area contributed by atoms with E-state index in [4.69, 9.17) is 5.73 Å². The van der Waals surface area contributed by atoms with Crippen molar-refractivity contribution in [1.82, 2.24) is 0 Å². The number of carboxylic acid groups (broad SMARTS) is 1. The Labute approximate surface area is 132 Å². The summed E-state index contributed by atoms with van der Waals surface area (Å²) in [5.41, 5.74) is 4.36. The molecule has 2 aromatic carbocycles. The highest BCUT2D eigenvalue weighted by molar-refractivity contribution is 7.92. The number of carbonyl (C=O) groups is 1. The predicted octanol–water partition coefficient (Wildman–Crippen LogP) is 1.55. The number of aliphatic carboxylic acids is 1. The molecule has 3 atom stereocenters. The summed E-state index contributed by atoms with van der Waals surface area (Å²) in [7, 11) is -3.93. The van der Waals surface area contributed by atoms with Gasteiger partial charge in [-0.1, -0.05) is 30.3 Å². The lowest BCUT2D eigenvalue weighted by atomic mass is 10.1. The summed E-state index contributed by atoms with van der Waals surface area (Å²) in [5, 5.41) is 8.12. The van der Waals surface area contributed by atoms with Gasteiger partial charge in [0.15, 0.2) is 9.84 Å². The monoisotopic (exact) mass is 335 g/mol. The molecule has 1 saturated carbocycles. The predicted molar refractivity (Wildman–Crippen MR) is 81.1 cm³/mol. The first-order valence-corrected chi connectivity index (χ1v) is 8.41. The van der Waals surface area contributed by atoms with Crippen LogP contribution in [0.25, 0.3) is 0 Å². The molecule has 120 valence electrons. The molecule has 0 heterocycles. The SMILES string of the molecule is N[C@]1(C(=O)O)[C@H](c2ccc(F)cc2)[C@@H]1S(=O)(=O)c1ccccc1. The molecular weight excluding hydrogens is 321 g/mol. The zero-order valence-electron chi connectivity index (χ0n) is 11.9. The van der Waals surface area contributed by atoms with Crippen LogP contribution in [-0.2, 0) is 14.6 Å². The van der Waals surface area contributed by atoms with Crippen LogP contribution in [0.15, 0.2) is 59.5 Å². The van der Waals surface area contributed by atoms with E-state index in [9.17, 15) is 22.7 Å². The molecule has 1 aliphatic carbocycles. The molecule has 5 nitrogen and oxygen atoms in total. The molecule has 2 aromatic rings. The number of carboxylic acids is 1. The summed E-state index contributed by atoms with van der Waals surface area (Å²) in [6.07, 6.45) is 0. The van der Waals surface area contributed by atoms with Gasteiger partial charge >= 0.3 is 5.97 Å². The van der Waals surface area contributed by atoms with Gasteiger partial charge in [-0.05, 0) is 29.8 Å².